The van der Waals surface area contributed by atoms with Gasteiger partial charge >= 0.3 is 17.1 Å². The smallest absolute Gasteiger partial charge is 0.322 e. The molecular weight excluding hydrogens is 616 g/mol. The molecular formula is C32H55CuFeN8. The van der Waals surface area contributed by atoms with Crippen molar-refractivity contribution >= 4 is 0 Å². The second-order valence-corrected chi connectivity index (χ2v) is 15.4. The maximum Gasteiger partial charge on any atom is 1.00 e. The monoisotopic (exact) mass is 670 g/mol. The van der Waals surface area contributed by atoms with Crippen molar-refractivity contribution in [3.05, 3.63) is 6.42 Å². The number of nitrogens with one attached hydrogen (secondary N) is 8. The molecule has 4 aliphatic carbocycles. The van der Waals surface area contributed by atoms with Crippen LogP contribution in [-0.4, -0.2) is 49.3 Å². The van der Waals surface area contributed by atoms with Gasteiger partial charge in [0.15, 0.2) is 0 Å². The number of rotatable bonds is 0. The zero-order valence-corrected chi connectivity index (χ0v) is 27.1. The third-order valence-corrected chi connectivity index (χ3v) is 13.6. The normalized spacial score (nSPS) is 54.9. The Bertz CT molecular complexity index is 723. The molecule has 0 aromatic carbocycles. The molecule has 5 heterocycles. The topological polar surface area (TPSA) is 96.2 Å². The van der Waals surface area contributed by atoms with Crippen molar-refractivity contribution < 1.29 is 34.1 Å². The van der Waals surface area contributed by atoms with E-state index in [2.05, 4.69) is 49.0 Å². The molecule has 0 aromatic heterocycles. The van der Waals surface area contributed by atoms with Crippen LogP contribution in [0.15, 0.2) is 0 Å². The first-order valence-electron chi connectivity index (χ1n) is 17.7. The molecule has 5 aliphatic heterocycles. The minimum absolute atomic E-state index is 0. The first kappa shape index (κ1) is 31.3. The number of hydrogen-bond donors (Lipinski definition) is 8. The van der Waals surface area contributed by atoms with Gasteiger partial charge in [0.2, 0.25) is 0 Å². The van der Waals surface area contributed by atoms with Crippen LogP contribution in [0.25, 0.3) is 0 Å². The summed E-state index contributed by atoms with van der Waals surface area (Å²) in [6.07, 6.45) is 26.4. The average Bonchev–Trinajstić information content (AvgIpc) is 3.73. The molecule has 16 unspecified atom stereocenters. The van der Waals surface area contributed by atoms with Gasteiger partial charge in [-0.25, -0.2) is 0 Å². The Morgan fingerprint density at radius 2 is 0.595 bits per heavy atom. The molecule has 0 spiro atoms. The van der Waals surface area contributed by atoms with Crippen LogP contribution < -0.4 is 42.5 Å². The van der Waals surface area contributed by atoms with Crippen molar-refractivity contribution in [3.63, 3.8) is 0 Å². The Balaban J connectivity index is 0.00000144. The Morgan fingerprint density at radius 1 is 0.333 bits per heavy atom. The summed E-state index contributed by atoms with van der Waals surface area (Å²) in [6, 6.07) is 0. The summed E-state index contributed by atoms with van der Waals surface area (Å²) < 4.78 is 0. The van der Waals surface area contributed by atoms with Gasteiger partial charge in [-0.3, -0.25) is 42.5 Å². The third kappa shape index (κ3) is 5.43. The summed E-state index contributed by atoms with van der Waals surface area (Å²) in [5.74, 6) is 5.74. The number of fused-ring (bicyclic) bond motifs is 20. The van der Waals surface area contributed by atoms with Crippen LogP contribution in [0.4, 0.5) is 0 Å². The molecule has 8 N–H and O–H groups in total. The molecule has 5 saturated heterocycles. The predicted octanol–water partition coefficient (Wildman–Crippen LogP) is 2.41. The molecule has 9 aliphatic rings. The largest absolute Gasteiger partial charge is 1.00 e. The minimum Gasteiger partial charge on any atom is -0.322 e. The SMILES string of the molecule is [CH-]1CCCC2C3NC(NC4NC(NC5NC(NC6NC(N3)C3CCCCC63)C3CCCCC53)C3CCCCC43)C12.[Cu+].[Fe]. The van der Waals surface area contributed by atoms with E-state index in [1.54, 1.807) is 0 Å². The summed E-state index contributed by atoms with van der Waals surface area (Å²) in [5, 5.41) is 33.7. The van der Waals surface area contributed by atoms with Gasteiger partial charge in [-0.2, -0.15) is 6.42 Å². The fraction of sp³-hybridized carbons (Fsp3) is 0.969. The van der Waals surface area contributed by atoms with E-state index in [4.69, 9.17) is 0 Å². The van der Waals surface area contributed by atoms with Crippen molar-refractivity contribution in [1.82, 2.24) is 42.5 Å². The Morgan fingerprint density at radius 3 is 0.929 bits per heavy atom. The van der Waals surface area contributed by atoms with Gasteiger partial charge in [0.1, 0.15) is 0 Å². The Kier molecular flexibility index (Phi) is 9.76. The van der Waals surface area contributed by atoms with Crippen LogP contribution in [0.1, 0.15) is 96.3 Å². The second kappa shape index (κ2) is 13.1. The van der Waals surface area contributed by atoms with E-state index in [0.29, 0.717) is 61.2 Å². The van der Waals surface area contributed by atoms with E-state index >= 15 is 0 Å². The third-order valence-electron chi connectivity index (χ3n) is 13.6. The van der Waals surface area contributed by atoms with Gasteiger partial charge in [0.25, 0.3) is 0 Å². The quantitative estimate of drug-likeness (QED) is 0.147. The Labute approximate surface area is 275 Å². The number of hydrogen-bond acceptors (Lipinski definition) is 8. The van der Waals surface area contributed by atoms with E-state index in [1.807, 2.05) is 0 Å². The Hall–Kier alpha value is 0.719. The van der Waals surface area contributed by atoms with E-state index in [-0.39, 0.29) is 34.1 Å². The minimum atomic E-state index is 0. The summed E-state index contributed by atoms with van der Waals surface area (Å²) >= 11 is 0. The van der Waals surface area contributed by atoms with Crippen molar-refractivity contribution in [2.75, 3.05) is 0 Å². The van der Waals surface area contributed by atoms with E-state index in [0.717, 1.165) is 35.5 Å². The van der Waals surface area contributed by atoms with Gasteiger partial charge in [0, 0.05) is 23.2 Å². The molecule has 9 fully saturated rings. The van der Waals surface area contributed by atoms with Gasteiger partial charge in [0.05, 0.1) is 43.2 Å². The van der Waals surface area contributed by atoms with Crippen LogP contribution in [0.5, 0.6) is 0 Å². The summed E-state index contributed by atoms with van der Waals surface area (Å²) in [7, 11) is 0. The van der Waals surface area contributed by atoms with Gasteiger partial charge in [-0.15, -0.1) is 5.92 Å². The molecule has 8 nitrogen and oxygen atoms in total. The fourth-order valence-corrected chi connectivity index (χ4v) is 11.7. The van der Waals surface area contributed by atoms with E-state index < -0.39 is 0 Å². The van der Waals surface area contributed by atoms with Gasteiger partial charge in [-0.1, -0.05) is 51.4 Å². The molecule has 0 aromatic rings. The van der Waals surface area contributed by atoms with Crippen molar-refractivity contribution in [2.45, 2.75) is 146 Å². The van der Waals surface area contributed by atoms with Gasteiger partial charge < -0.3 is 6.42 Å². The van der Waals surface area contributed by atoms with Gasteiger partial charge in [-0.05, 0) is 80.0 Å². The van der Waals surface area contributed by atoms with Crippen molar-refractivity contribution in [3.8, 4) is 0 Å². The molecule has 8 bridgehead atoms. The zero-order valence-electron chi connectivity index (χ0n) is 25.1. The summed E-state index contributed by atoms with van der Waals surface area (Å²) in [5.41, 5.74) is 0. The van der Waals surface area contributed by atoms with Crippen LogP contribution in [0.2, 0.25) is 0 Å². The molecule has 10 heteroatoms. The maximum absolute atomic E-state index is 4.25. The molecule has 16 atom stereocenters. The first-order chi connectivity index (χ1) is 19.8. The fourth-order valence-electron chi connectivity index (χ4n) is 11.7. The summed E-state index contributed by atoms with van der Waals surface area (Å²) in [6.45, 7) is 0. The van der Waals surface area contributed by atoms with E-state index in [9.17, 15) is 0 Å². The van der Waals surface area contributed by atoms with Crippen LogP contribution in [0, 0.1) is 53.8 Å². The first-order valence-corrected chi connectivity index (χ1v) is 17.7. The van der Waals surface area contributed by atoms with Crippen molar-refractivity contribution in [2.24, 2.45) is 47.3 Å². The molecule has 0 amide bonds. The van der Waals surface area contributed by atoms with Crippen LogP contribution >= 0.6 is 0 Å². The van der Waals surface area contributed by atoms with Crippen LogP contribution in [0.3, 0.4) is 0 Å². The second-order valence-electron chi connectivity index (χ2n) is 15.4. The molecule has 42 heavy (non-hydrogen) atoms. The zero-order chi connectivity index (χ0) is 26.2. The predicted molar refractivity (Wildman–Crippen MR) is 157 cm³/mol. The summed E-state index contributed by atoms with van der Waals surface area (Å²) in [4.78, 5) is 0. The molecule has 0 radical (unpaired) electrons. The van der Waals surface area contributed by atoms with E-state index in [1.165, 1.54) is 96.3 Å². The maximum atomic E-state index is 4.25. The molecule has 4 saturated carbocycles. The van der Waals surface area contributed by atoms with Crippen molar-refractivity contribution in [1.29, 1.82) is 0 Å². The molecule has 9 rings (SSSR count). The molecule has 242 valence electrons. The average molecular weight is 671 g/mol. The standard InChI is InChI=1S/C32H55N8.Cu.Fe/c1-2-10-18-17(9-1)25-33-26(18)38-28-21-13-5-6-14-22(21)30(35-28)40-32-24-16-8-7-15-23(24)31(36-32)39-29-20-12-4-3-11-19(20)27(34-29)37-25;;/h9,17-40H,1-8,10-16H2;;/q-1;+1;. The van der Waals surface area contributed by atoms with Crippen LogP contribution in [-0.2, 0) is 34.1 Å².